The zero-order valence-corrected chi connectivity index (χ0v) is 13.2. The van der Waals surface area contributed by atoms with Gasteiger partial charge in [-0.2, -0.15) is 0 Å². The summed E-state index contributed by atoms with van der Waals surface area (Å²) in [6.07, 6.45) is 0.930. The van der Waals surface area contributed by atoms with E-state index in [1.165, 1.54) is 13.8 Å². The average molecular weight is 409 g/mol. The topological polar surface area (TPSA) is 64.6 Å². The maximum absolute atomic E-state index is 13.6. The van der Waals surface area contributed by atoms with Crippen LogP contribution in [-0.4, -0.2) is 17.7 Å². The molecular formula is C13H10F2INO4. The number of rotatable bonds is 2. The summed E-state index contributed by atoms with van der Waals surface area (Å²) < 4.78 is 36.7. The van der Waals surface area contributed by atoms with Crippen LogP contribution in [0.1, 0.15) is 13.8 Å². The zero-order valence-electron chi connectivity index (χ0n) is 11.0. The van der Waals surface area contributed by atoms with E-state index in [1.807, 2.05) is 0 Å². The lowest BCUT2D eigenvalue weighted by Crippen LogP contribution is -2.42. The van der Waals surface area contributed by atoms with Crippen molar-refractivity contribution in [3.63, 3.8) is 0 Å². The Kier molecular flexibility index (Phi) is 4.17. The Labute approximate surface area is 132 Å². The molecule has 0 unspecified atom stereocenters. The first kappa shape index (κ1) is 15.7. The highest BCUT2D eigenvalue weighted by molar-refractivity contribution is 14.1. The maximum atomic E-state index is 13.6. The highest BCUT2D eigenvalue weighted by Crippen LogP contribution is 2.26. The molecule has 1 aromatic carbocycles. The first-order valence-electron chi connectivity index (χ1n) is 5.78. The van der Waals surface area contributed by atoms with Crippen molar-refractivity contribution in [1.82, 2.24) is 0 Å². The first-order valence-corrected chi connectivity index (χ1v) is 6.86. The molecule has 0 aliphatic carbocycles. The molecule has 1 aliphatic heterocycles. The van der Waals surface area contributed by atoms with Gasteiger partial charge in [0.15, 0.2) is 5.57 Å². The Balaban J connectivity index is 2.28. The molecule has 8 heteroatoms. The van der Waals surface area contributed by atoms with Crippen molar-refractivity contribution in [2.24, 2.45) is 0 Å². The van der Waals surface area contributed by atoms with Crippen LogP contribution < -0.4 is 5.32 Å². The van der Waals surface area contributed by atoms with Gasteiger partial charge in [0.25, 0.3) is 5.79 Å². The monoisotopic (exact) mass is 409 g/mol. The lowest BCUT2D eigenvalue weighted by molar-refractivity contribution is -0.222. The fourth-order valence-corrected chi connectivity index (χ4v) is 2.18. The summed E-state index contributed by atoms with van der Waals surface area (Å²) in [5.74, 6) is -4.53. The SMILES string of the molecule is CC1(C)OC(=O)C(=CNc2c(F)ccc(F)c2I)C(=O)O1. The molecule has 5 nitrogen and oxygen atoms in total. The third-order valence-electron chi connectivity index (χ3n) is 2.52. The number of esters is 2. The molecule has 1 fully saturated rings. The largest absolute Gasteiger partial charge is 0.419 e. The summed E-state index contributed by atoms with van der Waals surface area (Å²) in [5, 5.41) is 2.39. The zero-order chi connectivity index (χ0) is 15.8. The van der Waals surface area contributed by atoms with Gasteiger partial charge >= 0.3 is 11.9 Å². The normalized spacial score (nSPS) is 17.1. The number of hydrogen-bond acceptors (Lipinski definition) is 5. The summed E-state index contributed by atoms with van der Waals surface area (Å²) in [7, 11) is 0. The summed E-state index contributed by atoms with van der Waals surface area (Å²) in [6.45, 7) is 2.81. The van der Waals surface area contributed by atoms with Gasteiger partial charge in [0.1, 0.15) is 11.6 Å². The number of cyclic esters (lactones) is 2. The first-order chi connectivity index (χ1) is 9.71. The Bertz CT molecular complexity index is 636. The van der Waals surface area contributed by atoms with Gasteiger partial charge in [-0.3, -0.25) is 0 Å². The van der Waals surface area contributed by atoms with Crippen molar-refractivity contribution in [1.29, 1.82) is 0 Å². The predicted octanol–water partition coefficient (Wildman–Crippen LogP) is 2.70. The van der Waals surface area contributed by atoms with Crippen LogP contribution in [0.5, 0.6) is 0 Å². The molecule has 21 heavy (non-hydrogen) atoms. The minimum absolute atomic E-state index is 0.0117. The molecule has 2 rings (SSSR count). The minimum atomic E-state index is -1.36. The Morgan fingerprint density at radius 3 is 2.24 bits per heavy atom. The second kappa shape index (κ2) is 5.58. The molecule has 1 saturated heterocycles. The van der Waals surface area contributed by atoms with Crippen LogP contribution in [0.4, 0.5) is 14.5 Å². The van der Waals surface area contributed by atoms with Gasteiger partial charge in [0, 0.05) is 20.0 Å². The van der Waals surface area contributed by atoms with Crippen molar-refractivity contribution in [2.45, 2.75) is 19.6 Å². The van der Waals surface area contributed by atoms with Crippen LogP contribution in [0, 0.1) is 15.2 Å². The highest BCUT2D eigenvalue weighted by Gasteiger charge is 2.39. The van der Waals surface area contributed by atoms with Gasteiger partial charge in [-0.15, -0.1) is 0 Å². The molecule has 0 aromatic heterocycles. The van der Waals surface area contributed by atoms with Crippen molar-refractivity contribution < 1.29 is 27.8 Å². The second-order valence-corrected chi connectivity index (χ2v) is 5.68. The maximum Gasteiger partial charge on any atom is 0.350 e. The molecule has 112 valence electrons. The average Bonchev–Trinajstić information content (AvgIpc) is 2.35. The number of carbonyl (C=O) groups excluding carboxylic acids is 2. The quantitative estimate of drug-likeness (QED) is 0.268. The fourth-order valence-electron chi connectivity index (χ4n) is 1.58. The van der Waals surface area contributed by atoms with Crippen LogP contribution in [0.25, 0.3) is 0 Å². The molecule has 1 heterocycles. The van der Waals surface area contributed by atoms with E-state index in [0.29, 0.717) is 0 Å². The molecule has 1 N–H and O–H groups in total. The van der Waals surface area contributed by atoms with Gasteiger partial charge in [0.05, 0.1) is 9.26 Å². The molecule has 0 saturated carbocycles. The standard InChI is InChI=1S/C13H10F2INO4/c1-13(2)20-11(18)6(12(19)21-13)5-17-10-8(15)4-3-7(14)9(10)16/h3-5,17H,1-2H3. The lowest BCUT2D eigenvalue weighted by Gasteiger charge is -2.29. The van der Waals surface area contributed by atoms with Crippen molar-refractivity contribution in [2.75, 3.05) is 5.32 Å². The number of nitrogens with one attached hydrogen (secondary N) is 1. The molecule has 1 aromatic rings. The number of benzene rings is 1. The molecule has 0 radical (unpaired) electrons. The summed E-state index contributed by atoms with van der Waals surface area (Å²) in [4.78, 5) is 23.4. The number of anilines is 1. The van der Waals surface area contributed by atoms with E-state index in [2.05, 4.69) is 5.32 Å². The van der Waals surface area contributed by atoms with Crippen LogP contribution in [0.2, 0.25) is 0 Å². The van der Waals surface area contributed by atoms with Gasteiger partial charge < -0.3 is 14.8 Å². The van der Waals surface area contributed by atoms with E-state index >= 15 is 0 Å². The number of ether oxygens (including phenoxy) is 2. The van der Waals surface area contributed by atoms with Crippen LogP contribution >= 0.6 is 22.6 Å². The fraction of sp³-hybridized carbons (Fsp3) is 0.231. The summed E-state index contributed by atoms with van der Waals surface area (Å²) in [5.41, 5.74) is -0.623. The second-order valence-electron chi connectivity index (χ2n) is 4.60. The Hall–Kier alpha value is -1.71. The number of halogens is 3. The van der Waals surface area contributed by atoms with Gasteiger partial charge in [-0.1, -0.05) is 0 Å². The lowest BCUT2D eigenvalue weighted by atomic mass is 10.2. The van der Waals surface area contributed by atoms with Gasteiger partial charge in [-0.25, -0.2) is 18.4 Å². The molecule has 0 atom stereocenters. The highest BCUT2D eigenvalue weighted by atomic mass is 127. The van der Waals surface area contributed by atoms with Crippen LogP contribution in [-0.2, 0) is 19.1 Å². The number of carbonyl (C=O) groups is 2. The van der Waals surface area contributed by atoms with Crippen molar-refractivity contribution in [3.8, 4) is 0 Å². The minimum Gasteiger partial charge on any atom is -0.419 e. The van der Waals surface area contributed by atoms with E-state index < -0.39 is 34.9 Å². The molecule has 1 aliphatic rings. The van der Waals surface area contributed by atoms with Crippen LogP contribution in [0.3, 0.4) is 0 Å². The Morgan fingerprint density at radius 1 is 1.14 bits per heavy atom. The van der Waals surface area contributed by atoms with E-state index in [1.54, 1.807) is 22.6 Å². The summed E-state index contributed by atoms with van der Waals surface area (Å²) >= 11 is 1.60. The smallest absolute Gasteiger partial charge is 0.350 e. The molecule has 0 amide bonds. The van der Waals surface area contributed by atoms with E-state index in [9.17, 15) is 18.4 Å². The Morgan fingerprint density at radius 2 is 1.67 bits per heavy atom. The molecular weight excluding hydrogens is 399 g/mol. The molecule has 0 spiro atoms. The van der Waals surface area contributed by atoms with Crippen molar-refractivity contribution >= 4 is 40.2 Å². The third-order valence-corrected chi connectivity index (χ3v) is 3.58. The van der Waals surface area contributed by atoms with E-state index in [-0.39, 0.29) is 9.26 Å². The van der Waals surface area contributed by atoms with Crippen molar-refractivity contribution in [3.05, 3.63) is 39.1 Å². The predicted molar refractivity (Wildman–Crippen MR) is 77.0 cm³/mol. The van der Waals surface area contributed by atoms with E-state index in [0.717, 1.165) is 18.3 Å². The van der Waals surface area contributed by atoms with Crippen LogP contribution in [0.15, 0.2) is 23.9 Å². The third kappa shape index (κ3) is 3.31. The summed E-state index contributed by atoms with van der Waals surface area (Å²) in [6, 6.07) is 1.90. The number of hydrogen-bond donors (Lipinski definition) is 1. The molecule has 0 bridgehead atoms. The van der Waals surface area contributed by atoms with E-state index in [4.69, 9.17) is 9.47 Å². The van der Waals surface area contributed by atoms with Gasteiger partial charge in [-0.05, 0) is 34.7 Å². The van der Waals surface area contributed by atoms with Gasteiger partial charge in [0.2, 0.25) is 0 Å².